The summed E-state index contributed by atoms with van der Waals surface area (Å²) >= 11 is 11.7. The summed E-state index contributed by atoms with van der Waals surface area (Å²) in [7, 11) is 0. The van der Waals surface area contributed by atoms with Crippen LogP contribution >= 0.6 is 23.2 Å². The van der Waals surface area contributed by atoms with Crippen LogP contribution in [-0.2, 0) is 0 Å². The predicted molar refractivity (Wildman–Crippen MR) is 72.4 cm³/mol. The van der Waals surface area contributed by atoms with E-state index in [1.165, 1.54) is 6.07 Å². The summed E-state index contributed by atoms with van der Waals surface area (Å²) in [5, 5.41) is 16.5. The third-order valence-corrected chi connectivity index (χ3v) is 3.76. The first-order chi connectivity index (χ1) is 9.13. The van der Waals surface area contributed by atoms with Gasteiger partial charge in [-0.3, -0.25) is 4.79 Å². The SMILES string of the molecule is O=C(c1cc(Cl)nnc1Cl)N1CCCCC1CCO. The molecule has 1 aromatic rings. The smallest absolute Gasteiger partial charge is 0.257 e. The van der Waals surface area contributed by atoms with Gasteiger partial charge in [0.25, 0.3) is 5.91 Å². The third kappa shape index (κ3) is 3.35. The van der Waals surface area contributed by atoms with Crippen molar-refractivity contribution in [2.24, 2.45) is 0 Å². The highest BCUT2D eigenvalue weighted by Gasteiger charge is 2.28. The number of piperidine rings is 1. The molecule has 5 nitrogen and oxygen atoms in total. The monoisotopic (exact) mass is 303 g/mol. The Morgan fingerprint density at radius 1 is 1.42 bits per heavy atom. The molecule has 0 radical (unpaired) electrons. The lowest BCUT2D eigenvalue weighted by molar-refractivity contribution is 0.0574. The summed E-state index contributed by atoms with van der Waals surface area (Å²) in [6, 6.07) is 1.48. The van der Waals surface area contributed by atoms with E-state index in [0.29, 0.717) is 13.0 Å². The van der Waals surface area contributed by atoms with Gasteiger partial charge in [-0.05, 0) is 31.7 Å². The van der Waals surface area contributed by atoms with Gasteiger partial charge in [-0.1, -0.05) is 23.2 Å². The Kier molecular flexibility index (Phi) is 4.96. The highest BCUT2D eigenvalue weighted by molar-refractivity contribution is 6.34. The molecule has 1 aromatic heterocycles. The molecule has 0 saturated carbocycles. The van der Waals surface area contributed by atoms with Crippen LogP contribution in [0.15, 0.2) is 6.07 Å². The van der Waals surface area contributed by atoms with Crippen LogP contribution in [0.3, 0.4) is 0 Å². The second-order valence-corrected chi connectivity index (χ2v) is 5.28. The topological polar surface area (TPSA) is 66.3 Å². The minimum Gasteiger partial charge on any atom is -0.396 e. The Bertz CT molecular complexity index is 468. The van der Waals surface area contributed by atoms with E-state index >= 15 is 0 Å². The van der Waals surface area contributed by atoms with E-state index < -0.39 is 0 Å². The lowest BCUT2D eigenvalue weighted by atomic mass is 9.99. The fourth-order valence-corrected chi connectivity index (χ4v) is 2.69. The second-order valence-electron chi connectivity index (χ2n) is 4.53. The highest BCUT2D eigenvalue weighted by atomic mass is 35.5. The van der Waals surface area contributed by atoms with E-state index in [4.69, 9.17) is 28.3 Å². The largest absolute Gasteiger partial charge is 0.396 e. The average Bonchev–Trinajstić information content (AvgIpc) is 2.42. The average molecular weight is 304 g/mol. The van der Waals surface area contributed by atoms with Crippen LogP contribution in [0.5, 0.6) is 0 Å². The van der Waals surface area contributed by atoms with Gasteiger partial charge in [-0.25, -0.2) is 0 Å². The zero-order valence-corrected chi connectivity index (χ0v) is 11.9. The molecule has 1 aliphatic rings. The van der Waals surface area contributed by atoms with Gasteiger partial charge in [0, 0.05) is 19.2 Å². The molecule has 0 aliphatic carbocycles. The quantitative estimate of drug-likeness (QED) is 0.929. The fourth-order valence-electron chi connectivity index (χ4n) is 2.37. The van der Waals surface area contributed by atoms with E-state index in [2.05, 4.69) is 10.2 Å². The molecule has 0 aromatic carbocycles. The predicted octanol–water partition coefficient (Wildman–Crippen LogP) is 2.16. The maximum Gasteiger partial charge on any atom is 0.257 e. The van der Waals surface area contributed by atoms with Gasteiger partial charge in [0.05, 0.1) is 5.56 Å². The van der Waals surface area contributed by atoms with Gasteiger partial charge in [-0.2, -0.15) is 0 Å². The zero-order valence-electron chi connectivity index (χ0n) is 10.4. The van der Waals surface area contributed by atoms with Crippen molar-refractivity contribution in [3.63, 3.8) is 0 Å². The maximum atomic E-state index is 12.5. The first kappa shape index (κ1) is 14.5. The van der Waals surface area contributed by atoms with Crippen molar-refractivity contribution in [1.29, 1.82) is 0 Å². The molecule has 104 valence electrons. The number of hydrogen-bond acceptors (Lipinski definition) is 4. The van der Waals surface area contributed by atoms with Gasteiger partial charge in [0.15, 0.2) is 10.3 Å². The van der Waals surface area contributed by atoms with Crippen LogP contribution in [0.1, 0.15) is 36.0 Å². The molecule has 0 bridgehead atoms. The number of aromatic nitrogens is 2. The van der Waals surface area contributed by atoms with Gasteiger partial charge in [-0.15, -0.1) is 10.2 Å². The fraction of sp³-hybridized carbons (Fsp3) is 0.583. The molecule has 0 spiro atoms. The zero-order chi connectivity index (χ0) is 13.8. The number of aliphatic hydroxyl groups is 1. The number of amides is 1. The molecule has 2 heterocycles. The number of carbonyl (C=O) groups is 1. The summed E-state index contributed by atoms with van der Waals surface area (Å²) in [4.78, 5) is 14.2. The highest BCUT2D eigenvalue weighted by Crippen LogP contribution is 2.24. The molecule has 1 amide bonds. The molecule has 1 aliphatic heterocycles. The number of halogens is 2. The van der Waals surface area contributed by atoms with Gasteiger partial charge in [0.1, 0.15) is 0 Å². The van der Waals surface area contributed by atoms with Crippen LogP contribution < -0.4 is 0 Å². The van der Waals surface area contributed by atoms with E-state index in [9.17, 15) is 4.79 Å². The minimum atomic E-state index is -0.194. The molecular weight excluding hydrogens is 289 g/mol. The number of nitrogens with zero attached hydrogens (tertiary/aromatic N) is 3. The number of hydrogen-bond donors (Lipinski definition) is 1. The van der Waals surface area contributed by atoms with Crippen molar-refractivity contribution in [1.82, 2.24) is 15.1 Å². The summed E-state index contributed by atoms with van der Waals surface area (Å²) in [6.07, 6.45) is 3.50. The van der Waals surface area contributed by atoms with Crippen molar-refractivity contribution >= 4 is 29.1 Å². The van der Waals surface area contributed by atoms with Gasteiger partial charge >= 0.3 is 0 Å². The molecule has 2 rings (SSSR count). The molecule has 1 atom stereocenters. The molecule has 1 N–H and O–H groups in total. The van der Waals surface area contributed by atoms with Gasteiger partial charge < -0.3 is 10.0 Å². The van der Waals surface area contributed by atoms with Crippen molar-refractivity contribution in [2.45, 2.75) is 31.7 Å². The molecule has 1 saturated heterocycles. The third-order valence-electron chi connectivity index (χ3n) is 3.30. The minimum absolute atomic E-state index is 0.0502. The molecule has 19 heavy (non-hydrogen) atoms. The first-order valence-corrected chi connectivity index (χ1v) is 6.99. The van der Waals surface area contributed by atoms with Crippen LogP contribution in [0.4, 0.5) is 0 Å². The van der Waals surface area contributed by atoms with E-state index in [-0.39, 0.29) is 34.4 Å². The van der Waals surface area contributed by atoms with E-state index in [1.807, 2.05) is 0 Å². The Morgan fingerprint density at radius 2 is 2.21 bits per heavy atom. The van der Waals surface area contributed by atoms with Gasteiger partial charge in [0.2, 0.25) is 0 Å². The molecule has 1 fully saturated rings. The summed E-state index contributed by atoms with van der Waals surface area (Å²) < 4.78 is 0. The lowest BCUT2D eigenvalue weighted by Gasteiger charge is -2.35. The lowest BCUT2D eigenvalue weighted by Crippen LogP contribution is -2.44. The van der Waals surface area contributed by atoms with Crippen molar-refractivity contribution < 1.29 is 9.90 Å². The first-order valence-electron chi connectivity index (χ1n) is 6.24. The number of aliphatic hydroxyl groups excluding tert-OH is 1. The summed E-state index contributed by atoms with van der Waals surface area (Å²) in [5.41, 5.74) is 0.270. The second kappa shape index (κ2) is 6.50. The molecular formula is C12H15Cl2N3O2. The number of likely N-dealkylation sites (tertiary alicyclic amines) is 1. The van der Waals surface area contributed by atoms with Crippen LogP contribution in [0.2, 0.25) is 10.3 Å². The molecule has 7 heteroatoms. The molecule has 1 unspecified atom stereocenters. The van der Waals surface area contributed by atoms with Crippen molar-refractivity contribution in [3.8, 4) is 0 Å². The van der Waals surface area contributed by atoms with Crippen LogP contribution in [0, 0.1) is 0 Å². The Labute approximate surface area is 121 Å². The number of carbonyl (C=O) groups excluding carboxylic acids is 1. The summed E-state index contributed by atoms with van der Waals surface area (Å²) in [5.74, 6) is -0.194. The number of rotatable bonds is 3. The van der Waals surface area contributed by atoms with E-state index in [1.54, 1.807) is 4.90 Å². The maximum absolute atomic E-state index is 12.5. The standard InChI is InChI=1S/C12H15Cl2N3O2/c13-10-7-9(11(14)16-15-10)12(19)17-5-2-1-3-8(17)4-6-18/h7-8,18H,1-6H2. The van der Waals surface area contributed by atoms with Crippen molar-refractivity contribution in [2.75, 3.05) is 13.2 Å². The Balaban J connectivity index is 2.23. The Hall–Kier alpha value is -0.910. The summed E-state index contributed by atoms with van der Waals surface area (Å²) in [6.45, 7) is 0.733. The van der Waals surface area contributed by atoms with Crippen LogP contribution in [0.25, 0.3) is 0 Å². The normalized spacial score (nSPS) is 19.5. The van der Waals surface area contributed by atoms with Crippen molar-refractivity contribution in [3.05, 3.63) is 21.9 Å². The Morgan fingerprint density at radius 3 is 2.95 bits per heavy atom. The van der Waals surface area contributed by atoms with Crippen LogP contribution in [-0.4, -0.2) is 45.3 Å². The van der Waals surface area contributed by atoms with E-state index in [0.717, 1.165) is 19.3 Å².